The van der Waals surface area contributed by atoms with Crippen LogP contribution < -0.4 is 5.32 Å². The molecular weight excluding hydrogens is 242 g/mol. The first-order valence-corrected chi connectivity index (χ1v) is 5.89. The summed E-state index contributed by atoms with van der Waals surface area (Å²) >= 11 is 1.39. The molecule has 1 rings (SSSR count). The molecule has 0 bridgehead atoms. The zero-order valence-electron chi connectivity index (χ0n) is 9.37. The van der Waals surface area contributed by atoms with E-state index in [0.717, 1.165) is 0 Å². The average molecular weight is 255 g/mol. The summed E-state index contributed by atoms with van der Waals surface area (Å²) in [6, 6.07) is -0.550. The third-order valence-corrected chi connectivity index (χ3v) is 2.82. The highest BCUT2D eigenvalue weighted by molar-refractivity contribution is 7.09. The number of azide groups is 1. The first-order valence-electron chi connectivity index (χ1n) is 5.01. The monoisotopic (exact) mass is 255 g/mol. The van der Waals surface area contributed by atoms with Crippen LogP contribution in [0.1, 0.15) is 17.5 Å². The summed E-state index contributed by atoms with van der Waals surface area (Å²) in [5, 5.41) is 8.90. The summed E-state index contributed by atoms with van der Waals surface area (Å²) in [7, 11) is 1.34. The predicted molar refractivity (Wildman–Crippen MR) is 63.5 cm³/mol. The van der Waals surface area contributed by atoms with Crippen LogP contribution in [0.2, 0.25) is 0 Å². The van der Waals surface area contributed by atoms with Crippen LogP contribution in [0.25, 0.3) is 10.4 Å². The summed E-state index contributed by atoms with van der Waals surface area (Å²) in [5.41, 5.74) is 8.11. The molecule has 1 atom stereocenters. The SMILES string of the molecule is COC(=O)C(NCCCN=[N+]=[N-])c1nccs1. The van der Waals surface area contributed by atoms with Gasteiger partial charge in [0.15, 0.2) is 6.04 Å². The van der Waals surface area contributed by atoms with Crippen LogP contribution in [0.4, 0.5) is 0 Å². The van der Waals surface area contributed by atoms with Crippen molar-refractivity contribution in [2.75, 3.05) is 20.2 Å². The van der Waals surface area contributed by atoms with Gasteiger partial charge >= 0.3 is 5.97 Å². The van der Waals surface area contributed by atoms with Gasteiger partial charge in [0.05, 0.1) is 7.11 Å². The van der Waals surface area contributed by atoms with Gasteiger partial charge in [-0.1, -0.05) is 5.11 Å². The Kier molecular flexibility index (Phi) is 6.02. The number of rotatable bonds is 7. The Bertz CT molecular complexity index is 388. The standard InChI is InChI=1S/C9H13N5O2S/c1-16-9(15)7(8-12-5-6-17-8)11-3-2-4-13-14-10/h5-7,11H,2-4H2,1H3. The topological polar surface area (TPSA) is 100.0 Å². The second kappa shape index (κ2) is 7.61. The number of carbonyl (C=O) groups is 1. The van der Waals surface area contributed by atoms with Gasteiger partial charge in [0.25, 0.3) is 0 Å². The first-order chi connectivity index (χ1) is 8.29. The fraction of sp³-hybridized carbons (Fsp3) is 0.556. The van der Waals surface area contributed by atoms with Gasteiger partial charge < -0.3 is 4.74 Å². The van der Waals surface area contributed by atoms with Crippen molar-refractivity contribution in [1.29, 1.82) is 0 Å². The lowest BCUT2D eigenvalue weighted by molar-refractivity contribution is -0.143. The van der Waals surface area contributed by atoms with Crippen molar-refractivity contribution in [3.63, 3.8) is 0 Å². The van der Waals surface area contributed by atoms with Crippen LogP contribution in [-0.4, -0.2) is 31.2 Å². The van der Waals surface area contributed by atoms with E-state index >= 15 is 0 Å². The fourth-order valence-corrected chi connectivity index (χ4v) is 1.91. The van der Waals surface area contributed by atoms with E-state index in [0.29, 0.717) is 24.5 Å². The van der Waals surface area contributed by atoms with E-state index in [1.54, 1.807) is 11.6 Å². The van der Waals surface area contributed by atoms with Gasteiger partial charge in [-0.2, -0.15) is 0 Å². The third-order valence-electron chi connectivity index (χ3n) is 1.98. The van der Waals surface area contributed by atoms with Gasteiger partial charge in [-0.15, -0.1) is 11.3 Å². The zero-order valence-corrected chi connectivity index (χ0v) is 10.2. The largest absolute Gasteiger partial charge is 0.468 e. The van der Waals surface area contributed by atoms with Gasteiger partial charge in [-0.05, 0) is 18.5 Å². The predicted octanol–water partition coefficient (Wildman–Crippen LogP) is 1.65. The third kappa shape index (κ3) is 4.39. The molecule has 0 aliphatic heterocycles. The molecule has 1 unspecified atom stereocenters. The first kappa shape index (κ1) is 13.4. The zero-order chi connectivity index (χ0) is 12.5. The van der Waals surface area contributed by atoms with Crippen LogP contribution in [0.3, 0.4) is 0 Å². The van der Waals surface area contributed by atoms with E-state index in [-0.39, 0.29) is 5.97 Å². The van der Waals surface area contributed by atoms with Crippen molar-refractivity contribution >= 4 is 17.3 Å². The van der Waals surface area contributed by atoms with E-state index in [1.807, 2.05) is 0 Å². The molecule has 0 spiro atoms. The molecule has 0 amide bonds. The average Bonchev–Trinajstić information content (AvgIpc) is 2.86. The second-order valence-corrected chi connectivity index (χ2v) is 4.01. The number of thiazole rings is 1. The number of nitrogens with zero attached hydrogens (tertiary/aromatic N) is 4. The number of carbonyl (C=O) groups excluding carboxylic acids is 1. The molecule has 92 valence electrons. The van der Waals surface area contributed by atoms with Crippen LogP contribution in [-0.2, 0) is 9.53 Å². The number of esters is 1. The summed E-state index contributed by atoms with van der Waals surface area (Å²) in [6.07, 6.45) is 2.29. The van der Waals surface area contributed by atoms with Gasteiger partial charge in [-0.3, -0.25) is 5.32 Å². The molecule has 0 saturated heterocycles. The van der Waals surface area contributed by atoms with Gasteiger partial charge in [0.2, 0.25) is 0 Å². The molecule has 17 heavy (non-hydrogen) atoms. The lowest BCUT2D eigenvalue weighted by atomic mass is 10.3. The highest BCUT2D eigenvalue weighted by Crippen LogP contribution is 2.16. The van der Waals surface area contributed by atoms with E-state index in [9.17, 15) is 4.79 Å². The second-order valence-electron chi connectivity index (χ2n) is 3.09. The smallest absolute Gasteiger partial charge is 0.330 e. The highest BCUT2D eigenvalue weighted by atomic mass is 32.1. The Hall–Kier alpha value is -1.63. The van der Waals surface area contributed by atoms with Crippen molar-refractivity contribution in [2.45, 2.75) is 12.5 Å². The maximum Gasteiger partial charge on any atom is 0.330 e. The molecular formula is C9H13N5O2S. The van der Waals surface area contributed by atoms with E-state index in [2.05, 4.69) is 20.3 Å². The molecule has 0 radical (unpaired) electrons. The Morgan fingerprint density at radius 1 is 1.82 bits per heavy atom. The molecule has 0 aliphatic carbocycles. The summed E-state index contributed by atoms with van der Waals surface area (Å²) in [6.45, 7) is 0.952. The minimum Gasteiger partial charge on any atom is -0.468 e. The van der Waals surface area contributed by atoms with Crippen LogP contribution in [0.15, 0.2) is 16.7 Å². The molecule has 0 aromatic carbocycles. The minimum atomic E-state index is -0.550. The number of nitrogens with one attached hydrogen (secondary N) is 1. The number of hydrogen-bond donors (Lipinski definition) is 1. The molecule has 7 nitrogen and oxygen atoms in total. The van der Waals surface area contributed by atoms with Crippen molar-refractivity contribution < 1.29 is 9.53 Å². The Morgan fingerprint density at radius 3 is 3.24 bits per heavy atom. The number of hydrogen-bond acceptors (Lipinski definition) is 6. The lowest BCUT2D eigenvalue weighted by Crippen LogP contribution is -2.30. The summed E-state index contributed by atoms with van der Waals surface area (Å²) in [5.74, 6) is -0.372. The number of aromatic nitrogens is 1. The van der Waals surface area contributed by atoms with E-state index < -0.39 is 6.04 Å². The fourth-order valence-electron chi connectivity index (χ4n) is 1.21. The maximum atomic E-state index is 11.5. The Labute approximate surface area is 102 Å². The van der Waals surface area contributed by atoms with Crippen LogP contribution in [0, 0.1) is 0 Å². The summed E-state index contributed by atoms with van der Waals surface area (Å²) in [4.78, 5) is 18.3. The highest BCUT2D eigenvalue weighted by Gasteiger charge is 2.22. The Morgan fingerprint density at radius 2 is 2.65 bits per heavy atom. The molecule has 0 saturated carbocycles. The van der Waals surface area contributed by atoms with E-state index in [1.165, 1.54) is 18.4 Å². The molecule has 1 aromatic rings. The molecule has 8 heteroatoms. The van der Waals surface area contributed by atoms with Crippen LogP contribution in [0.5, 0.6) is 0 Å². The lowest BCUT2D eigenvalue weighted by Gasteiger charge is -2.13. The van der Waals surface area contributed by atoms with Crippen LogP contribution >= 0.6 is 11.3 Å². The Balaban J connectivity index is 2.48. The van der Waals surface area contributed by atoms with Crippen molar-refractivity contribution in [2.24, 2.45) is 5.11 Å². The molecule has 0 fully saturated rings. The molecule has 1 N–H and O–H groups in total. The van der Waals surface area contributed by atoms with Crippen molar-refractivity contribution in [3.05, 3.63) is 27.0 Å². The van der Waals surface area contributed by atoms with Crippen molar-refractivity contribution in [1.82, 2.24) is 10.3 Å². The molecule has 1 aromatic heterocycles. The minimum absolute atomic E-state index is 0.372. The normalized spacial score (nSPS) is 11.6. The molecule has 0 aliphatic rings. The quantitative estimate of drug-likeness (QED) is 0.263. The number of methoxy groups -OCH3 is 1. The number of ether oxygens (including phenoxy) is 1. The maximum absolute atomic E-state index is 11.5. The van der Waals surface area contributed by atoms with Gasteiger partial charge in [0.1, 0.15) is 5.01 Å². The van der Waals surface area contributed by atoms with Gasteiger partial charge in [-0.25, -0.2) is 9.78 Å². The van der Waals surface area contributed by atoms with Gasteiger partial charge in [0, 0.05) is 23.0 Å². The summed E-state index contributed by atoms with van der Waals surface area (Å²) < 4.78 is 4.70. The van der Waals surface area contributed by atoms with E-state index in [4.69, 9.17) is 10.3 Å². The van der Waals surface area contributed by atoms with Crippen molar-refractivity contribution in [3.8, 4) is 0 Å². The molecule has 1 heterocycles.